The molecule has 1 aromatic heterocycles. The molecule has 0 aliphatic heterocycles. The maximum atomic E-state index is 12.5. The van der Waals surface area contributed by atoms with Crippen LogP contribution >= 0.6 is 11.6 Å². The molecule has 0 aliphatic rings. The molecule has 1 unspecified atom stereocenters. The summed E-state index contributed by atoms with van der Waals surface area (Å²) >= 11 is 6.00. The molecular formula is C24H22ClN3O. The summed E-state index contributed by atoms with van der Waals surface area (Å²) in [5.74, 6) is 0.227. The standard InChI is InChI=1S/C24H22ClN3O/c1-17(19-7-3-2-4-8-19)15-28-16-21-11-10-20(13-23(21)27-28)24(29)26-14-18-6-5-9-22(25)12-18/h2-13,16-17H,14-15H2,1H3,(H,26,29). The summed E-state index contributed by atoms with van der Waals surface area (Å²) in [5, 5.41) is 9.29. The highest BCUT2D eigenvalue weighted by Crippen LogP contribution is 2.20. The molecule has 0 spiro atoms. The molecule has 0 aliphatic carbocycles. The fourth-order valence-electron chi connectivity index (χ4n) is 3.40. The second kappa shape index (κ2) is 8.50. The van der Waals surface area contributed by atoms with Crippen molar-refractivity contribution in [3.63, 3.8) is 0 Å². The zero-order valence-corrected chi connectivity index (χ0v) is 16.9. The highest BCUT2D eigenvalue weighted by molar-refractivity contribution is 6.30. The predicted molar refractivity (Wildman–Crippen MR) is 117 cm³/mol. The van der Waals surface area contributed by atoms with Gasteiger partial charge >= 0.3 is 0 Å². The molecule has 0 bridgehead atoms. The third-order valence-electron chi connectivity index (χ3n) is 4.99. The van der Waals surface area contributed by atoms with Crippen molar-refractivity contribution < 1.29 is 4.79 Å². The quantitative estimate of drug-likeness (QED) is 0.467. The van der Waals surface area contributed by atoms with Gasteiger partial charge in [-0.3, -0.25) is 9.48 Å². The molecule has 4 rings (SSSR count). The van der Waals surface area contributed by atoms with Crippen molar-refractivity contribution in [2.24, 2.45) is 0 Å². The Labute approximate surface area is 175 Å². The number of fused-ring (bicyclic) bond motifs is 1. The van der Waals surface area contributed by atoms with Crippen molar-refractivity contribution in [2.45, 2.75) is 25.9 Å². The summed E-state index contributed by atoms with van der Waals surface area (Å²) in [6, 6.07) is 23.5. The smallest absolute Gasteiger partial charge is 0.251 e. The van der Waals surface area contributed by atoms with Crippen molar-refractivity contribution in [1.29, 1.82) is 0 Å². The van der Waals surface area contributed by atoms with Crippen LogP contribution < -0.4 is 5.32 Å². The molecule has 1 atom stereocenters. The molecule has 5 heteroatoms. The molecule has 0 radical (unpaired) electrons. The number of carbonyl (C=O) groups is 1. The van der Waals surface area contributed by atoms with Crippen molar-refractivity contribution in [3.05, 3.63) is 101 Å². The first-order valence-electron chi connectivity index (χ1n) is 9.63. The van der Waals surface area contributed by atoms with Crippen molar-refractivity contribution in [3.8, 4) is 0 Å². The van der Waals surface area contributed by atoms with Gasteiger partial charge in [-0.15, -0.1) is 0 Å². The highest BCUT2D eigenvalue weighted by Gasteiger charge is 2.11. The lowest BCUT2D eigenvalue weighted by molar-refractivity contribution is 0.0951. The van der Waals surface area contributed by atoms with Gasteiger partial charge in [0, 0.05) is 41.2 Å². The van der Waals surface area contributed by atoms with Gasteiger partial charge in [-0.2, -0.15) is 5.10 Å². The van der Waals surface area contributed by atoms with Crippen LogP contribution in [-0.2, 0) is 13.1 Å². The number of halogens is 1. The molecule has 0 fully saturated rings. The van der Waals surface area contributed by atoms with Crippen LogP contribution in [0.5, 0.6) is 0 Å². The first-order valence-corrected chi connectivity index (χ1v) is 10.0. The van der Waals surface area contributed by atoms with E-state index in [-0.39, 0.29) is 5.91 Å². The number of hydrogen-bond donors (Lipinski definition) is 1. The Balaban J connectivity index is 1.45. The Kier molecular flexibility index (Phi) is 5.63. The largest absolute Gasteiger partial charge is 0.348 e. The number of hydrogen-bond acceptors (Lipinski definition) is 2. The van der Waals surface area contributed by atoms with E-state index in [4.69, 9.17) is 11.6 Å². The number of benzene rings is 3. The Hall–Kier alpha value is -3.11. The number of aromatic nitrogens is 2. The van der Waals surface area contributed by atoms with Crippen molar-refractivity contribution in [2.75, 3.05) is 0 Å². The van der Waals surface area contributed by atoms with E-state index in [1.165, 1.54) is 5.56 Å². The van der Waals surface area contributed by atoms with Crippen LogP contribution in [0.25, 0.3) is 10.9 Å². The van der Waals surface area contributed by atoms with Gasteiger partial charge in [-0.1, -0.05) is 67.1 Å². The Bertz CT molecular complexity index is 1140. The lowest BCUT2D eigenvalue weighted by Gasteiger charge is -2.11. The maximum absolute atomic E-state index is 12.5. The molecule has 146 valence electrons. The van der Waals surface area contributed by atoms with E-state index >= 15 is 0 Å². The third-order valence-corrected chi connectivity index (χ3v) is 5.22. The van der Waals surface area contributed by atoms with Gasteiger partial charge in [0.2, 0.25) is 0 Å². The van der Waals surface area contributed by atoms with E-state index in [2.05, 4.69) is 41.6 Å². The summed E-state index contributed by atoms with van der Waals surface area (Å²) in [5.41, 5.74) is 3.67. The van der Waals surface area contributed by atoms with Gasteiger partial charge in [0.05, 0.1) is 5.52 Å². The third kappa shape index (κ3) is 4.66. The van der Waals surface area contributed by atoms with E-state index in [1.807, 2.05) is 59.4 Å². The van der Waals surface area contributed by atoms with E-state index in [9.17, 15) is 4.79 Å². The summed E-state index contributed by atoms with van der Waals surface area (Å²) in [7, 11) is 0. The number of nitrogens with zero attached hydrogens (tertiary/aromatic N) is 2. The topological polar surface area (TPSA) is 46.9 Å². The molecule has 4 nitrogen and oxygen atoms in total. The van der Waals surface area contributed by atoms with Gasteiger partial charge in [0.1, 0.15) is 0 Å². The number of amides is 1. The van der Waals surface area contributed by atoms with Crippen molar-refractivity contribution >= 4 is 28.4 Å². The van der Waals surface area contributed by atoms with Gasteiger partial charge in [-0.25, -0.2) is 0 Å². The molecule has 4 aromatic rings. The second-order valence-corrected chi connectivity index (χ2v) is 7.69. The zero-order valence-electron chi connectivity index (χ0n) is 16.2. The van der Waals surface area contributed by atoms with Gasteiger partial charge in [0.15, 0.2) is 0 Å². The lowest BCUT2D eigenvalue weighted by atomic mass is 10.0. The monoisotopic (exact) mass is 403 g/mol. The molecule has 1 heterocycles. The minimum absolute atomic E-state index is 0.126. The molecule has 3 aromatic carbocycles. The molecule has 0 saturated carbocycles. The minimum atomic E-state index is -0.126. The predicted octanol–water partition coefficient (Wildman–Crippen LogP) is 5.42. The molecular weight excluding hydrogens is 382 g/mol. The fraction of sp³-hybridized carbons (Fsp3) is 0.167. The Morgan fingerprint density at radius 2 is 1.90 bits per heavy atom. The first kappa shape index (κ1) is 19.2. The molecule has 1 amide bonds. The van der Waals surface area contributed by atoms with Crippen LogP contribution in [-0.4, -0.2) is 15.7 Å². The van der Waals surface area contributed by atoms with E-state index in [0.717, 1.165) is 23.0 Å². The number of carbonyl (C=O) groups excluding carboxylic acids is 1. The van der Waals surface area contributed by atoms with Gasteiger partial charge in [-0.05, 0) is 35.4 Å². The van der Waals surface area contributed by atoms with Crippen molar-refractivity contribution in [1.82, 2.24) is 15.1 Å². The van der Waals surface area contributed by atoms with Gasteiger partial charge < -0.3 is 5.32 Å². The summed E-state index contributed by atoms with van der Waals surface area (Å²) < 4.78 is 1.95. The van der Waals surface area contributed by atoms with Gasteiger partial charge in [0.25, 0.3) is 5.91 Å². The Morgan fingerprint density at radius 1 is 1.07 bits per heavy atom. The first-order chi connectivity index (χ1) is 14.1. The zero-order chi connectivity index (χ0) is 20.2. The van der Waals surface area contributed by atoms with Crippen LogP contribution in [0.2, 0.25) is 5.02 Å². The Morgan fingerprint density at radius 3 is 2.69 bits per heavy atom. The van der Waals surface area contributed by atoms with E-state index in [0.29, 0.717) is 23.0 Å². The molecule has 1 N–H and O–H groups in total. The molecule has 0 saturated heterocycles. The summed E-state index contributed by atoms with van der Waals surface area (Å²) in [4.78, 5) is 12.5. The van der Waals surface area contributed by atoms with E-state index < -0.39 is 0 Å². The number of nitrogens with one attached hydrogen (secondary N) is 1. The lowest BCUT2D eigenvalue weighted by Crippen LogP contribution is -2.22. The van der Waals surface area contributed by atoms with Crippen LogP contribution in [0, 0.1) is 0 Å². The second-order valence-electron chi connectivity index (χ2n) is 7.25. The van der Waals surface area contributed by atoms with Crippen LogP contribution in [0.1, 0.15) is 34.3 Å². The van der Waals surface area contributed by atoms with Crippen LogP contribution in [0.15, 0.2) is 79.0 Å². The van der Waals surface area contributed by atoms with Crippen LogP contribution in [0.3, 0.4) is 0 Å². The minimum Gasteiger partial charge on any atom is -0.348 e. The highest BCUT2D eigenvalue weighted by atomic mass is 35.5. The van der Waals surface area contributed by atoms with Crippen LogP contribution in [0.4, 0.5) is 0 Å². The maximum Gasteiger partial charge on any atom is 0.251 e. The average Bonchev–Trinajstić information content (AvgIpc) is 3.14. The normalized spacial score (nSPS) is 12.1. The van der Waals surface area contributed by atoms with E-state index in [1.54, 1.807) is 0 Å². The summed E-state index contributed by atoms with van der Waals surface area (Å²) in [6.07, 6.45) is 2.03. The SMILES string of the molecule is CC(Cn1cc2ccc(C(=O)NCc3cccc(Cl)c3)cc2n1)c1ccccc1. The average molecular weight is 404 g/mol. The summed E-state index contributed by atoms with van der Waals surface area (Å²) in [6.45, 7) is 3.41. The molecule has 29 heavy (non-hydrogen) atoms. The number of rotatable bonds is 6. The fourth-order valence-corrected chi connectivity index (χ4v) is 3.61.